The molecule has 1 aromatic heterocycles. The van der Waals surface area contributed by atoms with Gasteiger partial charge in [0.1, 0.15) is 17.7 Å². The Morgan fingerprint density at radius 3 is 2.55 bits per heavy atom. The van der Waals surface area contributed by atoms with E-state index in [0.717, 1.165) is 18.9 Å². The lowest BCUT2D eigenvalue weighted by Gasteiger charge is -2.24. The second kappa shape index (κ2) is 9.72. The Morgan fingerprint density at radius 2 is 1.88 bits per heavy atom. The number of urea groups is 1. The first kappa shape index (κ1) is 22.9. The number of β-amino-alcohol motifs (C(OH)–C–C–N with tert-alkyl or cyclic N) is 1. The summed E-state index contributed by atoms with van der Waals surface area (Å²) in [5, 5.41) is 15.4. The van der Waals surface area contributed by atoms with E-state index in [1.165, 1.54) is 29.3 Å². The van der Waals surface area contributed by atoms with Gasteiger partial charge < -0.3 is 20.2 Å². The molecular formula is C22H23ClFN5O4. The Hall–Kier alpha value is -3.24. The van der Waals surface area contributed by atoms with Gasteiger partial charge in [-0.25, -0.2) is 14.2 Å². The van der Waals surface area contributed by atoms with Crippen molar-refractivity contribution in [2.24, 2.45) is 0 Å². The summed E-state index contributed by atoms with van der Waals surface area (Å²) in [4.78, 5) is 44.7. The zero-order valence-electron chi connectivity index (χ0n) is 17.6. The summed E-state index contributed by atoms with van der Waals surface area (Å²) in [6, 6.07) is 5.28. The Balaban J connectivity index is 1.43. The lowest BCUT2D eigenvalue weighted by molar-refractivity contribution is -0.119. The summed E-state index contributed by atoms with van der Waals surface area (Å²) in [6.45, 7) is 1.22. The molecule has 2 aliphatic rings. The number of carbonyl (C=O) groups excluding carboxylic acids is 3. The Morgan fingerprint density at radius 1 is 1.12 bits per heavy atom. The quantitative estimate of drug-likeness (QED) is 0.629. The molecule has 4 amide bonds. The number of aromatic nitrogens is 1. The molecule has 3 N–H and O–H groups in total. The highest BCUT2D eigenvalue weighted by atomic mass is 35.5. The van der Waals surface area contributed by atoms with Crippen molar-refractivity contribution < 1.29 is 23.9 Å². The zero-order chi connectivity index (χ0) is 23.5. The molecule has 0 spiro atoms. The molecule has 33 heavy (non-hydrogen) atoms. The van der Waals surface area contributed by atoms with Crippen LogP contribution in [0.2, 0.25) is 5.02 Å². The van der Waals surface area contributed by atoms with Crippen LogP contribution >= 0.6 is 11.6 Å². The molecule has 0 aliphatic carbocycles. The third kappa shape index (κ3) is 5.23. The van der Waals surface area contributed by atoms with Crippen LogP contribution in [0.5, 0.6) is 0 Å². The molecule has 174 valence electrons. The molecule has 2 unspecified atom stereocenters. The predicted molar refractivity (Wildman–Crippen MR) is 120 cm³/mol. The van der Waals surface area contributed by atoms with Gasteiger partial charge in [-0.2, -0.15) is 0 Å². The number of likely N-dealkylation sites (tertiary alicyclic amines) is 2. The first-order valence-electron chi connectivity index (χ1n) is 10.6. The molecule has 0 radical (unpaired) electrons. The molecule has 2 atom stereocenters. The molecule has 2 saturated heterocycles. The molecule has 1 aromatic carbocycles. The van der Waals surface area contributed by atoms with Gasteiger partial charge in [0.25, 0.3) is 5.91 Å². The highest BCUT2D eigenvalue weighted by Crippen LogP contribution is 2.24. The number of aliphatic hydroxyl groups is 1. The second-order valence-electron chi connectivity index (χ2n) is 8.03. The SMILES string of the molecule is O=C(Nc1ccc(C(=O)N2CCCC2)cc1F)C1CC(O)CN1C(=O)Nc1ccc(Cl)cn1. The fourth-order valence-corrected chi connectivity index (χ4v) is 4.10. The van der Waals surface area contributed by atoms with E-state index in [4.69, 9.17) is 11.6 Å². The molecular weight excluding hydrogens is 453 g/mol. The fraction of sp³-hybridized carbons (Fsp3) is 0.364. The minimum atomic E-state index is -1.02. The van der Waals surface area contributed by atoms with Crippen molar-refractivity contribution in [3.8, 4) is 0 Å². The first-order chi connectivity index (χ1) is 15.8. The lowest BCUT2D eigenvalue weighted by atomic mass is 10.1. The maximum Gasteiger partial charge on any atom is 0.323 e. The molecule has 0 bridgehead atoms. The average molecular weight is 476 g/mol. The molecule has 2 aliphatic heterocycles. The number of carbonyl (C=O) groups is 3. The first-order valence-corrected chi connectivity index (χ1v) is 11.0. The van der Waals surface area contributed by atoms with Gasteiger partial charge in [0.2, 0.25) is 5.91 Å². The smallest absolute Gasteiger partial charge is 0.323 e. The molecule has 3 heterocycles. The predicted octanol–water partition coefficient (Wildman–Crippen LogP) is 2.72. The van der Waals surface area contributed by atoms with Crippen LogP contribution in [0, 0.1) is 5.82 Å². The van der Waals surface area contributed by atoms with E-state index in [1.807, 2.05) is 0 Å². The standard InChI is InChI=1S/C22H23ClFN5O4/c23-14-4-6-19(25-11-14)27-22(33)29-12-15(30)10-18(29)20(31)26-17-5-3-13(9-16(17)24)21(32)28-7-1-2-8-28/h3-6,9,11,15,18,30H,1-2,7-8,10,12H2,(H,26,31)(H,25,27,33). The average Bonchev–Trinajstić information content (AvgIpc) is 3.46. The van der Waals surface area contributed by atoms with E-state index in [2.05, 4.69) is 15.6 Å². The van der Waals surface area contributed by atoms with Crippen LogP contribution < -0.4 is 10.6 Å². The summed E-state index contributed by atoms with van der Waals surface area (Å²) in [5.74, 6) is -1.42. The maximum absolute atomic E-state index is 14.7. The Kier molecular flexibility index (Phi) is 6.75. The highest BCUT2D eigenvalue weighted by molar-refractivity contribution is 6.30. The number of nitrogens with one attached hydrogen (secondary N) is 2. The minimum absolute atomic E-state index is 0.000445. The van der Waals surface area contributed by atoms with Crippen molar-refractivity contribution in [2.75, 3.05) is 30.3 Å². The number of rotatable bonds is 4. The van der Waals surface area contributed by atoms with Crippen LogP contribution in [0.25, 0.3) is 0 Å². The molecule has 11 heteroatoms. The normalized spacial score (nSPS) is 20.1. The molecule has 0 saturated carbocycles. The van der Waals surface area contributed by atoms with E-state index >= 15 is 0 Å². The van der Waals surface area contributed by atoms with Gasteiger partial charge in [-0.3, -0.25) is 14.9 Å². The van der Waals surface area contributed by atoms with Crippen molar-refractivity contribution in [2.45, 2.75) is 31.4 Å². The van der Waals surface area contributed by atoms with Crippen LogP contribution in [0.3, 0.4) is 0 Å². The van der Waals surface area contributed by atoms with Gasteiger partial charge >= 0.3 is 6.03 Å². The number of nitrogens with zero attached hydrogens (tertiary/aromatic N) is 3. The summed E-state index contributed by atoms with van der Waals surface area (Å²) in [6.07, 6.45) is 2.30. The van der Waals surface area contributed by atoms with Gasteiger partial charge in [0, 0.05) is 37.8 Å². The van der Waals surface area contributed by atoms with Crippen molar-refractivity contribution in [1.82, 2.24) is 14.8 Å². The molecule has 2 aromatic rings. The van der Waals surface area contributed by atoms with E-state index < -0.39 is 29.9 Å². The van der Waals surface area contributed by atoms with Crippen molar-refractivity contribution in [3.05, 3.63) is 52.9 Å². The van der Waals surface area contributed by atoms with E-state index in [9.17, 15) is 23.9 Å². The zero-order valence-corrected chi connectivity index (χ0v) is 18.4. The molecule has 9 nitrogen and oxygen atoms in total. The summed E-state index contributed by atoms with van der Waals surface area (Å²) >= 11 is 5.79. The monoisotopic (exact) mass is 475 g/mol. The summed E-state index contributed by atoms with van der Waals surface area (Å²) < 4.78 is 14.7. The Labute approximate surface area is 194 Å². The second-order valence-corrected chi connectivity index (χ2v) is 8.47. The third-order valence-corrected chi connectivity index (χ3v) is 5.90. The van der Waals surface area contributed by atoms with Gasteiger partial charge in [-0.15, -0.1) is 0 Å². The number of anilines is 2. The summed E-state index contributed by atoms with van der Waals surface area (Å²) in [5.41, 5.74) is 0.0965. The molecule has 4 rings (SSSR count). The van der Waals surface area contributed by atoms with Crippen LogP contribution in [0.15, 0.2) is 36.5 Å². The largest absolute Gasteiger partial charge is 0.391 e. The van der Waals surface area contributed by atoms with Crippen LogP contribution in [-0.2, 0) is 4.79 Å². The number of hydrogen-bond acceptors (Lipinski definition) is 5. The topological polar surface area (TPSA) is 115 Å². The van der Waals surface area contributed by atoms with Crippen molar-refractivity contribution in [1.29, 1.82) is 0 Å². The van der Waals surface area contributed by atoms with Gasteiger partial charge in [0.15, 0.2) is 0 Å². The number of benzene rings is 1. The minimum Gasteiger partial charge on any atom is -0.391 e. The lowest BCUT2D eigenvalue weighted by Crippen LogP contribution is -2.45. The number of pyridine rings is 1. The third-order valence-electron chi connectivity index (χ3n) is 5.67. The van der Waals surface area contributed by atoms with Crippen LogP contribution in [0.4, 0.5) is 20.7 Å². The Bertz CT molecular complexity index is 1060. The van der Waals surface area contributed by atoms with Crippen LogP contribution in [-0.4, -0.2) is 69.5 Å². The van der Waals surface area contributed by atoms with Crippen LogP contribution in [0.1, 0.15) is 29.6 Å². The van der Waals surface area contributed by atoms with E-state index in [0.29, 0.717) is 18.1 Å². The summed E-state index contributed by atoms with van der Waals surface area (Å²) in [7, 11) is 0. The van der Waals surface area contributed by atoms with E-state index in [-0.39, 0.29) is 35.9 Å². The van der Waals surface area contributed by atoms with Gasteiger partial charge in [0.05, 0.1) is 16.8 Å². The van der Waals surface area contributed by atoms with E-state index in [1.54, 1.807) is 11.0 Å². The highest BCUT2D eigenvalue weighted by Gasteiger charge is 2.39. The molecule has 2 fully saturated rings. The number of hydrogen-bond donors (Lipinski definition) is 3. The van der Waals surface area contributed by atoms with Crippen molar-refractivity contribution in [3.63, 3.8) is 0 Å². The van der Waals surface area contributed by atoms with Gasteiger partial charge in [-0.05, 0) is 43.2 Å². The number of aliphatic hydroxyl groups excluding tert-OH is 1. The van der Waals surface area contributed by atoms with Gasteiger partial charge in [-0.1, -0.05) is 11.6 Å². The fourth-order valence-electron chi connectivity index (χ4n) is 3.99. The number of halogens is 2. The van der Waals surface area contributed by atoms with Crippen molar-refractivity contribution >= 4 is 41.0 Å². The maximum atomic E-state index is 14.7. The number of amides is 4.